The number of aryl methyl sites for hydroxylation is 3. The third-order valence-corrected chi connectivity index (χ3v) is 5.94. The molecule has 8 nitrogen and oxygen atoms in total. The molecule has 0 aliphatic heterocycles. The molecule has 2 heterocycles. The number of ether oxygens (including phenoxy) is 2. The maximum Gasteiger partial charge on any atom is 0.269 e. The molecule has 2 N–H and O–H groups in total. The first-order valence-electron chi connectivity index (χ1n) is 10.8. The molecule has 0 radical (unpaired) electrons. The number of hydrogen-bond donors (Lipinski definition) is 2. The number of anilines is 2. The summed E-state index contributed by atoms with van der Waals surface area (Å²) in [5, 5.41) is 6.00. The molecule has 0 fully saturated rings. The minimum atomic E-state index is -0.283. The van der Waals surface area contributed by atoms with Gasteiger partial charge in [0.15, 0.2) is 11.5 Å². The molecule has 1 aliphatic rings. The predicted octanol–water partition coefficient (Wildman–Crippen LogP) is 4.36. The molecule has 5 rings (SSSR count). The van der Waals surface area contributed by atoms with Crippen LogP contribution in [0.5, 0.6) is 17.2 Å². The van der Waals surface area contributed by atoms with Gasteiger partial charge >= 0.3 is 0 Å². The van der Waals surface area contributed by atoms with Gasteiger partial charge in [-0.1, -0.05) is 6.07 Å². The normalized spacial score (nSPS) is 12.5. The van der Waals surface area contributed by atoms with Crippen LogP contribution in [0.25, 0.3) is 11.0 Å². The van der Waals surface area contributed by atoms with Gasteiger partial charge in [0, 0.05) is 44.2 Å². The average molecular weight is 444 g/mol. The van der Waals surface area contributed by atoms with E-state index in [2.05, 4.69) is 33.8 Å². The fourth-order valence-corrected chi connectivity index (χ4v) is 4.18. The van der Waals surface area contributed by atoms with Crippen LogP contribution in [0.1, 0.15) is 28.0 Å². The van der Waals surface area contributed by atoms with Gasteiger partial charge in [-0.3, -0.25) is 9.78 Å². The number of benzene rings is 2. The van der Waals surface area contributed by atoms with Crippen molar-refractivity contribution < 1.29 is 14.3 Å². The van der Waals surface area contributed by atoms with E-state index in [1.54, 1.807) is 26.3 Å². The smallest absolute Gasteiger partial charge is 0.269 e. The topological polar surface area (TPSA) is 90.3 Å². The molecule has 2 aromatic heterocycles. The van der Waals surface area contributed by atoms with Gasteiger partial charge in [0.25, 0.3) is 5.91 Å². The Labute approximate surface area is 191 Å². The van der Waals surface area contributed by atoms with Gasteiger partial charge in [0.1, 0.15) is 11.4 Å². The molecule has 0 atom stereocenters. The Kier molecular flexibility index (Phi) is 5.34. The summed E-state index contributed by atoms with van der Waals surface area (Å²) >= 11 is 0. The summed E-state index contributed by atoms with van der Waals surface area (Å²) < 4.78 is 13.6. The molecule has 0 saturated carbocycles. The zero-order chi connectivity index (χ0) is 22.9. The maximum absolute atomic E-state index is 11.9. The van der Waals surface area contributed by atoms with Crippen LogP contribution in [-0.2, 0) is 19.9 Å². The van der Waals surface area contributed by atoms with Gasteiger partial charge in [0.05, 0.1) is 18.1 Å². The van der Waals surface area contributed by atoms with Crippen LogP contribution in [0.3, 0.4) is 0 Å². The second-order valence-electron chi connectivity index (χ2n) is 8.01. The molecule has 2 aromatic carbocycles. The highest BCUT2D eigenvalue weighted by Gasteiger charge is 2.16. The summed E-state index contributed by atoms with van der Waals surface area (Å²) in [7, 11) is 5.12. The highest BCUT2D eigenvalue weighted by molar-refractivity contribution is 5.92. The first-order chi connectivity index (χ1) is 16.1. The summed E-state index contributed by atoms with van der Waals surface area (Å²) in [6, 6.07) is 13.5. The van der Waals surface area contributed by atoms with Crippen molar-refractivity contribution in [2.24, 2.45) is 7.05 Å². The zero-order valence-electron chi connectivity index (χ0n) is 18.8. The number of amides is 1. The van der Waals surface area contributed by atoms with Crippen molar-refractivity contribution in [1.29, 1.82) is 0 Å². The molecule has 4 aromatic rings. The van der Waals surface area contributed by atoms with Crippen molar-refractivity contribution in [2.45, 2.75) is 19.3 Å². The van der Waals surface area contributed by atoms with E-state index in [0.29, 0.717) is 17.2 Å². The number of aromatic nitrogens is 3. The summed E-state index contributed by atoms with van der Waals surface area (Å²) in [6.07, 6.45) is 5.04. The third kappa shape index (κ3) is 3.95. The number of pyridine rings is 1. The summed E-state index contributed by atoms with van der Waals surface area (Å²) in [4.78, 5) is 20.7. The Balaban J connectivity index is 1.47. The van der Waals surface area contributed by atoms with Gasteiger partial charge in [-0.05, 0) is 48.6 Å². The summed E-state index contributed by atoms with van der Waals surface area (Å²) in [5.41, 5.74) is 5.81. The Morgan fingerprint density at radius 2 is 1.91 bits per heavy atom. The fourth-order valence-electron chi connectivity index (χ4n) is 4.18. The lowest BCUT2D eigenvalue weighted by atomic mass is 10.1. The molecule has 33 heavy (non-hydrogen) atoms. The lowest BCUT2D eigenvalue weighted by molar-refractivity contribution is 0.0958. The molecular weight excluding hydrogens is 418 g/mol. The highest BCUT2D eigenvalue weighted by atomic mass is 16.5. The summed E-state index contributed by atoms with van der Waals surface area (Å²) in [6.45, 7) is 0. The first kappa shape index (κ1) is 20.8. The minimum absolute atomic E-state index is 0.272. The average Bonchev–Trinajstić information content (AvgIpc) is 3.42. The van der Waals surface area contributed by atoms with E-state index >= 15 is 0 Å². The van der Waals surface area contributed by atoms with Crippen molar-refractivity contribution in [3.8, 4) is 17.2 Å². The Hall–Kier alpha value is -4.07. The highest BCUT2D eigenvalue weighted by Crippen LogP contribution is 2.37. The van der Waals surface area contributed by atoms with E-state index in [-0.39, 0.29) is 11.6 Å². The Morgan fingerprint density at radius 1 is 1.06 bits per heavy atom. The van der Waals surface area contributed by atoms with E-state index in [9.17, 15) is 4.79 Å². The number of rotatable bonds is 6. The van der Waals surface area contributed by atoms with E-state index in [4.69, 9.17) is 14.5 Å². The maximum atomic E-state index is 11.9. The van der Waals surface area contributed by atoms with Crippen molar-refractivity contribution in [3.63, 3.8) is 0 Å². The van der Waals surface area contributed by atoms with E-state index in [1.165, 1.54) is 23.7 Å². The number of fused-ring (bicyclic) bond motifs is 2. The van der Waals surface area contributed by atoms with Gasteiger partial charge < -0.3 is 24.7 Å². The molecular formula is C25H25N5O3. The predicted molar refractivity (Wildman–Crippen MR) is 127 cm³/mol. The lowest BCUT2D eigenvalue weighted by Crippen LogP contribution is -2.18. The van der Waals surface area contributed by atoms with E-state index < -0.39 is 0 Å². The van der Waals surface area contributed by atoms with Gasteiger partial charge in [-0.2, -0.15) is 0 Å². The zero-order valence-corrected chi connectivity index (χ0v) is 18.8. The molecule has 0 bridgehead atoms. The molecule has 1 amide bonds. The second kappa shape index (κ2) is 8.46. The largest absolute Gasteiger partial charge is 0.493 e. The third-order valence-electron chi connectivity index (χ3n) is 5.94. The van der Waals surface area contributed by atoms with Crippen molar-refractivity contribution in [3.05, 3.63) is 65.5 Å². The molecule has 0 unspecified atom stereocenters. The van der Waals surface area contributed by atoms with Gasteiger partial charge in [-0.25, -0.2) is 4.98 Å². The van der Waals surface area contributed by atoms with Crippen molar-refractivity contribution in [2.75, 3.05) is 19.5 Å². The Morgan fingerprint density at radius 3 is 2.73 bits per heavy atom. The fraction of sp³-hybridized carbons (Fsp3) is 0.240. The number of carbonyl (C=O) groups is 1. The number of nitrogens with one attached hydrogen (secondary N) is 2. The van der Waals surface area contributed by atoms with E-state index in [0.717, 1.165) is 35.5 Å². The standard InChI is InChI=1S/C25H25N5O3/c1-26-24(31)20-12-18(9-10-27-20)33-23-13-19-21(14-22(23)32-3)30(2)25(29-19)28-17-8-7-15-5-4-6-16(15)11-17/h7-14H,4-6H2,1-3H3,(H,26,31)(H,28,29). The SMILES string of the molecule is CNC(=O)c1cc(Oc2cc3nc(Nc4ccc5c(c4)CCC5)n(C)c3cc2OC)ccn1. The van der Waals surface area contributed by atoms with Gasteiger partial charge in [0.2, 0.25) is 5.95 Å². The van der Waals surface area contributed by atoms with Gasteiger partial charge in [-0.15, -0.1) is 0 Å². The monoisotopic (exact) mass is 443 g/mol. The number of methoxy groups -OCH3 is 1. The number of imidazole rings is 1. The first-order valence-corrected chi connectivity index (χ1v) is 10.8. The number of nitrogens with zero attached hydrogens (tertiary/aromatic N) is 3. The lowest BCUT2D eigenvalue weighted by Gasteiger charge is -2.11. The molecule has 1 aliphatic carbocycles. The molecule has 0 spiro atoms. The molecule has 8 heteroatoms. The minimum Gasteiger partial charge on any atom is -0.493 e. The number of hydrogen-bond acceptors (Lipinski definition) is 6. The van der Waals surface area contributed by atoms with Crippen LogP contribution < -0.4 is 20.1 Å². The van der Waals surface area contributed by atoms with Crippen molar-refractivity contribution in [1.82, 2.24) is 19.9 Å². The number of carbonyl (C=O) groups excluding carboxylic acids is 1. The van der Waals surface area contributed by atoms with Crippen LogP contribution in [0.2, 0.25) is 0 Å². The Bertz CT molecular complexity index is 1360. The quantitative estimate of drug-likeness (QED) is 0.460. The van der Waals surface area contributed by atoms with Crippen LogP contribution in [0, 0.1) is 0 Å². The van der Waals surface area contributed by atoms with Crippen LogP contribution in [0.4, 0.5) is 11.6 Å². The molecule has 168 valence electrons. The van der Waals surface area contributed by atoms with Crippen molar-refractivity contribution >= 4 is 28.6 Å². The van der Waals surface area contributed by atoms with Crippen LogP contribution in [0.15, 0.2) is 48.7 Å². The summed E-state index contributed by atoms with van der Waals surface area (Å²) in [5.74, 6) is 1.99. The van der Waals surface area contributed by atoms with Crippen LogP contribution >= 0.6 is 0 Å². The second-order valence-corrected chi connectivity index (χ2v) is 8.01. The van der Waals surface area contributed by atoms with Crippen LogP contribution in [-0.4, -0.2) is 34.6 Å². The van der Waals surface area contributed by atoms with E-state index in [1.807, 2.05) is 23.7 Å². The molecule has 0 saturated heterocycles.